The Bertz CT molecular complexity index is 818. The molecule has 3 rings (SSSR count). The molecule has 0 aliphatic carbocycles. The molecule has 2 aliphatic rings. The third-order valence-corrected chi connectivity index (χ3v) is 5.60. The van der Waals surface area contributed by atoms with Crippen molar-refractivity contribution in [2.75, 3.05) is 32.6 Å². The molecule has 2 N–H and O–H groups in total. The molecule has 1 amide bonds. The van der Waals surface area contributed by atoms with Crippen molar-refractivity contribution in [3.63, 3.8) is 0 Å². The summed E-state index contributed by atoms with van der Waals surface area (Å²) < 4.78 is 33.5. The molecule has 0 saturated carbocycles. The first kappa shape index (κ1) is 17.8. The van der Waals surface area contributed by atoms with Crippen LogP contribution in [0.25, 0.3) is 6.08 Å². The number of benzene rings is 1. The van der Waals surface area contributed by atoms with Crippen LogP contribution in [0.4, 0.5) is 0 Å². The number of hydrogen-bond acceptors (Lipinski definition) is 5. The lowest BCUT2D eigenvalue weighted by atomic mass is 10.0. The minimum absolute atomic E-state index is 0.0831. The van der Waals surface area contributed by atoms with Gasteiger partial charge in [0.05, 0.1) is 18.4 Å². The van der Waals surface area contributed by atoms with Gasteiger partial charge in [-0.3, -0.25) is 4.79 Å². The average molecular weight is 366 g/mol. The van der Waals surface area contributed by atoms with Gasteiger partial charge in [-0.2, -0.15) is 0 Å². The van der Waals surface area contributed by atoms with Gasteiger partial charge in [-0.05, 0) is 36.1 Å². The highest BCUT2D eigenvalue weighted by Crippen LogP contribution is 2.32. The number of hydrogen-bond donors (Lipinski definition) is 1. The number of likely N-dealkylation sites (tertiary alicyclic amines) is 1. The Labute approximate surface area is 147 Å². The Morgan fingerprint density at radius 2 is 2.16 bits per heavy atom. The summed E-state index contributed by atoms with van der Waals surface area (Å²) in [6.07, 6.45) is 1.81. The molecule has 2 atom stereocenters. The van der Waals surface area contributed by atoms with Gasteiger partial charge in [0.1, 0.15) is 18.1 Å². The molecule has 1 aromatic rings. The molecule has 0 bridgehead atoms. The monoisotopic (exact) mass is 366 g/mol. The summed E-state index contributed by atoms with van der Waals surface area (Å²) in [5.74, 6) is 1.11. The number of carbonyl (C=O) groups is 1. The van der Waals surface area contributed by atoms with E-state index in [0.717, 1.165) is 5.56 Å². The molecule has 0 aromatic heterocycles. The number of amides is 1. The number of rotatable bonds is 4. The summed E-state index contributed by atoms with van der Waals surface area (Å²) in [6, 6.07) is 5.43. The molecular formula is C17H22N2O5S. The van der Waals surface area contributed by atoms with Gasteiger partial charge < -0.3 is 14.4 Å². The second-order valence-corrected chi connectivity index (χ2v) is 8.30. The van der Waals surface area contributed by atoms with E-state index in [9.17, 15) is 13.2 Å². The molecule has 1 fully saturated rings. The normalized spacial score (nSPS) is 22.8. The van der Waals surface area contributed by atoms with E-state index >= 15 is 0 Å². The number of sulfonamides is 1. The van der Waals surface area contributed by atoms with E-state index in [2.05, 4.69) is 0 Å². The first-order valence-corrected chi connectivity index (χ1v) is 9.79. The Balaban J connectivity index is 1.76. The van der Waals surface area contributed by atoms with Crippen molar-refractivity contribution in [2.45, 2.75) is 6.92 Å². The molecule has 0 unspecified atom stereocenters. The van der Waals surface area contributed by atoms with Crippen LogP contribution in [0.1, 0.15) is 12.5 Å². The van der Waals surface area contributed by atoms with Crippen molar-refractivity contribution in [2.24, 2.45) is 17.0 Å². The second-order valence-electron chi connectivity index (χ2n) is 6.64. The molecule has 136 valence electrons. The number of ether oxygens (including phenoxy) is 2. The van der Waals surface area contributed by atoms with Crippen LogP contribution in [0.3, 0.4) is 0 Å². The van der Waals surface area contributed by atoms with Crippen LogP contribution in [0.2, 0.25) is 0 Å². The quantitative estimate of drug-likeness (QED) is 0.852. The van der Waals surface area contributed by atoms with Gasteiger partial charge in [0, 0.05) is 18.7 Å². The SMILES string of the molecule is COc1ccc2c(c1)C=C(C(=O)N1C[C@@H](CS(N)(=O)=O)[C@H](C)C1)CO2. The zero-order valence-corrected chi connectivity index (χ0v) is 15.1. The van der Waals surface area contributed by atoms with Gasteiger partial charge in [-0.1, -0.05) is 6.92 Å². The summed E-state index contributed by atoms with van der Waals surface area (Å²) >= 11 is 0. The van der Waals surface area contributed by atoms with E-state index in [0.29, 0.717) is 30.2 Å². The maximum Gasteiger partial charge on any atom is 0.253 e. The largest absolute Gasteiger partial charge is 0.497 e. The Morgan fingerprint density at radius 1 is 1.40 bits per heavy atom. The van der Waals surface area contributed by atoms with Gasteiger partial charge >= 0.3 is 0 Å². The number of fused-ring (bicyclic) bond motifs is 1. The van der Waals surface area contributed by atoms with E-state index in [1.165, 1.54) is 0 Å². The van der Waals surface area contributed by atoms with Crippen LogP contribution in [0.15, 0.2) is 23.8 Å². The van der Waals surface area contributed by atoms with Gasteiger partial charge in [0.2, 0.25) is 10.0 Å². The number of primary sulfonamides is 1. The average Bonchev–Trinajstić information content (AvgIpc) is 2.92. The fourth-order valence-electron chi connectivity index (χ4n) is 3.32. The summed E-state index contributed by atoms with van der Waals surface area (Å²) in [5, 5.41) is 5.15. The van der Waals surface area contributed by atoms with E-state index in [1.807, 2.05) is 19.1 Å². The van der Waals surface area contributed by atoms with Gasteiger partial charge in [-0.25, -0.2) is 13.6 Å². The molecular weight excluding hydrogens is 344 g/mol. The topological polar surface area (TPSA) is 98.9 Å². The summed E-state index contributed by atoms with van der Waals surface area (Å²) in [4.78, 5) is 14.5. The first-order valence-electron chi connectivity index (χ1n) is 8.08. The lowest BCUT2D eigenvalue weighted by molar-refractivity contribution is -0.126. The third kappa shape index (κ3) is 3.96. The summed E-state index contributed by atoms with van der Waals surface area (Å²) in [6.45, 7) is 3.04. The van der Waals surface area contributed by atoms with Crippen molar-refractivity contribution in [3.05, 3.63) is 29.3 Å². The molecule has 1 aromatic carbocycles. The standard InChI is InChI=1S/C17H22N2O5S/c1-11-7-19(8-14(11)10-25(18,21)22)17(20)13-5-12-6-15(23-2)3-4-16(12)24-9-13/h3-6,11,14H,7-10H2,1-2H3,(H2,18,21,22)/t11-,14+/m1/s1. The van der Waals surface area contributed by atoms with Crippen molar-refractivity contribution in [1.29, 1.82) is 0 Å². The Hall–Kier alpha value is -2.06. The highest BCUT2D eigenvalue weighted by molar-refractivity contribution is 7.89. The van der Waals surface area contributed by atoms with Gasteiger partial charge in [0.15, 0.2) is 0 Å². The number of nitrogens with zero attached hydrogens (tertiary/aromatic N) is 1. The highest BCUT2D eigenvalue weighted by Gasteiger charge is 2.36. The van der Waals surface area contributed by atoms with E-state index in [4.69, 9.17) is 14.6 Å². The van der Waals surface area contributed by atoms with Crippen LogP contribution < -0.4 is 14.6 Å². The number of nitrogens with two attached hydrogens (primary N) is 1. The maximum absolute atomic E-state index is 12.8. The minimum Gasteiger partial charge on any atom is -0.497 e. The summed E-state index contributed by atoms with van der Waals surface area (Å²) in [7, 11) is -1.97. The summed E-state index contributed by atoms with van der Waals surface area (Å²) in [5.41, 5.74) is 1.34. The van der Waals surface area contributed by atoms with Crippen molar-refractivity contribution >= 4 is 22.0 Å². The first-order chi connectivity index (χ1) is 11.8. The minimum atomic E-state index is -3.55. The molecule has 2 aliphatic heterocycles. The van der Waals surface area contributed by atoms with Crippen molar-refractivity contribution in [3.8, 4) is 11.5 Å². The second kappa shape index (κ2) is 6.68. The van der Waals surface area contributed by atoms with Gasteiger partial charge in [-0.15, -0.1) is 0 Å². The molecule has 8 heteroatoms. The zero-order chi connectivity index (χ0) is 18.2. The molecule has 2 heterocycles. The zero-order valence-electron chi connectivity index (χ0n) is 14.3. The van der Waals surface area contributed by atoms with Crippen LogP contribution in [-0.2, 0) is 14.8 Å². The fourth-order valence-corrected chi connectivity index (χ4v) is 4.36. The molecule has 25 heavy (non-hydrogen) atoms. The number of methoxy groups -OCH3 is 1. The van der Waals surface area contributed by atoms with Gasteiger partial charge in [0.25, 0.3) is 5.91 Å². The van der Waals surface area contributed by atoms with Crippen LogP contribution in [0.5, 0.6) is 11.5 Å². The van der Waals surface area contributed by atoms with Crippen LogP contribution in [0, 0.1) is 11.8 Å². The molecule has 7 nitrogen and oxygen atoms in total. The van der Waals surface area contributed by atoms with E-state index in [-0.39, 0.29) is 30.1 Å². The molecule has 1 saturated heterocycles. The van der Waals surface area contributed by atoms with E-state index in [1.54, 1.807) is 24.2 Å². The predicted octanol–water partition coefficient (Wildman–Crippen LogP) is 0.854. The molecule has 0 spiro atoms. The van der Waals surface area contributed by atoms with Crippen LogP contribution >= 0.6 is 0 Å². The fraction of sp³-hybridized carbons (Fsp3) is 0.471. The lowest BCUT2D eigenvalue weighted by Gasteiger charge is -2.22. The van der Waals surface area contributed by atoms with Crippen molar-refractivity contribution < 1.29 is 22.7 Å². The third-order valence-electron chi connectivity index (χ3n) is 4.71. The Morgan fingerprint density at radius 3 is 2.84 bits per heavy atom. The lowest BCUT2D eigenvalue weighted by Crippen LogP contribution is -2.33. The number of carbonyl (C=O) groups excluding carboxylic acids is 1. The van der Waals surface area contributed by atoms with E-state index < -0.39 is 10.0 Å². The Kier molecular flexibility index (Phi) is 4.75. The highest BCUT2D eigenvalue weighted by atomic mass is 32.2. The van der Waals surface area contributed by atoms with Crippen LogP contribution in [-0.4, -0.2) is 51.8 Å². The maximum atomic E-state index is 12.8. The predicted molar refractivity (Wildman–Crippen MR) is 93.7 cm³/mol. The molecule has 0 radical (unpaired) electrons. The smallest absolute Gasteiger partial charge is 0.253 e. The van der Waals surface area contributed by atoms with Crippen molar-refractivity contribution in [1.82, 2.24) is 4.90 Å².